The fourth-order valence-electron chi connectivity index (χ4n) is 4.29. The Bertz CT molecular complexity index is 1800. The molecule has 1 N–H and O–H groups in total. The van der Waals surface area contributed by atoms with Crippen molar-refractivity contribution in [3.63, 3.8) is 0 Å². The lowest BCUT2D eigenvalue weighted by molar-refractivity contribution is 0.0696. The zero-order valence-corrected chi connectivity index (χ0v) is 23.1. The van der Waals surface area contributed by atoms with E-state index in [1.165, 1.54) is 24.4 Å². The van der Waals surface area contributed by atoms with Crippen molar-refractivity contribution in [1.29, 1.82) is 0 Å². The zero-order chi connectivity index (χ0) is 27.9. The van der Waals surface area contributed by atoms with Crippen LogP contribution in [0.5, 0.6) is 5.75 Å². The Morgan fingerprint density at radius 3 is 2.46 bits per heavy atom. The number of rotatable bonds is 8. The van der Waals surface area contributed by atoms with Crippen LogP contribution in [-0.4, -0.2) is 28.6 Å². The van der Waals surface area contributed by atoms with E-state index in [0.717, 1.165) is 10.0 Å². The van der Waals surface area contributed by atoms with E-state index in [1.807, 2.05) is 13.8 Å². The van der Waals surface area contributed by atoms with Crippen LogP contribution in [0, 0.1) is 0 Å². The normalized spacial score (nSPS) is 11.8. The predicted octanol–water partition coefficient (Wildman–Crippen LogP) is 7.24. The Kier molecular flexibility index (Phi) is 7.15. The fourth-order valence-corrected chi connectivity index (χ4v) is 6.27. The van der Waals surface area contributed by atoms with E-state index in [2.05, 4.69) is 5.16 Å². The molecule has 0 aliphatic carbocycles. The van der Waals surface area contributed by atoms with Crippen molar-refractivity contribution in [3.05, 3.63) is 99.9 Å². The topological polar surface area (TPSA) is 112 Å². The molecule has 200 valence electrons. The van der Waals surface area contributed by atoms with Crippen LogP contribution in [0.1, 0.15) is 41.4 Å². The number of nitrogens with zero attached hydrogens (tertiary/aromatic N) is 2. The van der Waals surface area contributed by atoms with E-state index in [1.54, 1.807) is 42.5 Å². The number of halogens is 2. The number of carboxylic acids is 1. The highest BCUT2D eigenvalue weighted by Gasteiger charge is 2.24. The maximum atomic E-state index is 13.3. The first-order chi connectivity index (χ1) is 18.6. The van der Waals surface area contributed by atoms with E-state index in [0.29, 0.717) is 49.3 Å². The molecule has 39 heavy (non-hydrogen) atoms. The molecule has 0 saturated carbocycles. The molecular weight excluding hydrogens is 563 g/mol. The van der Waals surface area contributed by atoms with Gasteiger partial charge < -0.3 is 14.4 Å². The summed E-state index contributed by atoms with van der Waals surface area (Å²) in [4.78, 5) is 11.2. The van der Waals surface area contributed by atoms with Gasteiger partial charge in [-0.2, -0.15) is 0 Å². The minimum absolute atomic E-state index is 0.0208. The highest BCUT2D eigenvalue weighted by atomic mass is 35.5. The van der Waals surface area contributed by atoms with Crippen molar-refractivity contribution in [1.82, 2.24) is 9.13 Å². The van der Waals surface area contributed by atoms with Gasteiger partial charge in [0.25, 0.3) is 10.0 Å². The van der Waals surface area contributed by atoms with Crippen LogP contribution in [0.15, 0.2) is 82.3 Å². The first kappa shape index (κ1) is 26.8. The molecule has 0 spiro atoms. The molecule has 0 bridgehead atoms. The van der Waals surface area contributed by atoms with Crippen LogP contribution in [0.25, 0.3) is 22.2 Å². The Balaban J connectivity index is 1.46. The van der Waals surface area contributed by atoms with Crippen LogP contribution in [-0.2, 0) is 16.6 Å². The minimum atomic E-state index is -4.03. The van der Waals surface area contributed by atoms with Crippen molar-refractivity contribution < 1.29 is 27.6 Å². The molecule has 11 heteroatoms. The van der Waals surface area contributed by atoms with Gasteiger partial charge in [-0.15, -0.1) is 0 Å². The summed E-state index contributed by atoms with van der Waals surface area (Å²) in [6.45, 7) is 4.06. The van der Waals surface area contributed by atoms with E-state index < -0.39 is 16.0 Å². The summed E-state index contributed by atoms with van der Waals surface area (Å²) in [5, 5.41) is 15.0. The quantitative estimate of drug-likeness (QED) is 0.204. The molecule has 0 atom stereocenters. The minimum Gasteiger partial charge on any atom is -0.489 e. The van der Waals surface area contributed by atoms with Crippen LogP contribution in [0.4, 0.5) is 0 Å². The molecule has 0 amide bonds. The molecule has 0 aliphatic heterocycles. The summed E-state index contributed by atoms with van der Waals surface area (Å²) >= 11 is 12.9. The molecule has 5 rings (SSSR count). The second-order valence-corrected chi connectivity index (χ2v) is 11.7. The maximum absolute atomic E-state index is 13.3. The average Bonchev–Trinajstić information content (AvgIpc) is 3.52. The van der Waals surface area contributed by atoms with Crippen LogP contribution >= 0.6 is 23.2 Å². The van der Waals surface area contributed by atoms with Crippen LogP contribution in [0.2, 0.25) is 10.0 Å². The van der Waals surface area contributed by atoms with Crippen molar-refractivity contribution in [2.24, 2.45) is 0 Å². The highest BCUT2D eigenvalue weighted by molar-refractivity contribution is 7.90. The van der Waals surface area contributed by atoms with Gasteiger partial charge in [-0.1, -0.05) is 54.3 Å². The third-order valence-corrected chi connectivity index (χ3v) is 8.51. The summed E-state index contributed by atoms with van der Waals surface area (Å²) in [6.07, 6.45) is 1.42. The molecule has 0 unspecified atom stereocenters. The summed E-state index contributed by atoms with van der Waals surface area (Å²) in [5.74, 6) is -0.0485. The predicted molar refractivity (Wildman–Crippen MR) is 148 cm³/mol. The van der Waals surface area contributed by atoms with Gasteiger partial charge in [0.1, 0.15) is 23.8 Å². The number of hydrogen-bond acceptors (Lipinski definition) is 6. The lowest BCUT2D eigenvalue weighted by atomic mass is 10.0. The number of carbonyl (C=O) groups is 1. The van der Waals surface area contributed by atoms with Gasteiger partial charge in [0.15, 0.2) is 0 Å². The molecule has 0 aliphatic rings. The lowest BCUT2D eigenvalue weighted by Crippen LogP contribution is -2.12. The van der Waals surface area contributed by atoms with Crippen molar-refractivity contribution in [2.45, 2.75) is 31.3 Å². The van der Waals surface area contributed by atoms with Crippen molar-refractivity contribution >= 4 is 50.1 Å². The van der Waals surface area contributed by atoms with Crippen molar-refractivity contribution in [2.75, 3.05) is 0 Å². The number of benzene rings is 3. The fraction of sp³-hybridized carbons (Fsp3) is 0.143. The molecule has 2 heterocycles. The first-order valence-corrected chi connectivity index (χ1v) is 14.0. The Morgan fingerprint density at radius 2 is 1.77 bits per heavy atom. The largest absolute Gasteiger partial charge is 0.489 e. The van der Waals surface area contributed by atoms with Crippen molar-refractivity contribution in [3.8, 4) is 17.0 Å². The molecule has 3 aromatic carbocycles. The van der Waals surface area contributed by atoms with Crippen LogP contribution in [0.3, 0.4) is 0 Å². The number of fused-ring (bicyclic) bond motifs is 1. The zero-order valence-electron chi connectivity index (χ0n) is 20.8. The highest BCUT2D eigenvalue weighted by Crippen LogP contribution is 2.39. The van der Waals surface area contributed by atoms with E-state index in [-0.39, 0.29) is 23.0 Å². The summed E-state index contributed by atoms with van der Waals surface area (Å²) in [6, 6.07) is 17.1. The van der Waals surface area contributed by atoms with E-state index >= 15 is 0 Å². The van der Waals surface area contributed by atoms with E-state index in [4.69, 9.17) is 32.5 Å². The van der Waals surface area contributed by atoms with Gasteiger partial charge in [-0.05, 0) is 54.6 Å². The smallest absolute Gasteiger partial charge is 0.335 e. The summed E-state index contributed by atoms with van der Waals surface area (Å²) in [5.41, 5.74) is 2.06. The Labute approximate surface area is 234 Å². The maximum Gasteiger partial charge on any atom is 0.335 e. The Morgan fingerprint density at radius 1 is 1.05 bits per heavy atom. The van der Waals surface area contributed by atoms with Gasteiger partial charge in [-0.25, -0.2) is 17.2 Å². The first-order valence-electron chi connectivity index (χ1n) is 11.8. The SMILES string of the molecule is CC(C)c1onc(-c2c(Cl)cccc2Cl)c1COc1ccc2c(ccn2S(=O)(=O)c2cccc(C(=O)O)c2)c1. The van der Waals surface area contributed by atoms with Gasteiger partial charge in [0.05, 0.1) is 31.6 Å². The second kappa shape index (κ2) is 10.4. The van der Waals surface area contributed by atoms with Gasteiger partial charge in [0, 0.05) is 23.1 Å². The van der Waals surface area contributed by atoms with Crippen LogP contribution < -0.4 is 4.74 Å². The molecule has 8 nitrogen and oxygen atoms in total. The van der Waals surface area contributed by atoms with Gasteiger partial charge >= 0.3 is 5.97 Å². The molecule has 0 fully saturated rings. The monoisotopic (exact) mass is 584 g/mol. The summed E-state index contributed by atoms with van der Waals surface area (Å²) in [7, 11) is -4.03. The lowest BCUT2D eigenvalue weighted by Gasteiger charge is -2.11. The number of carboxylic acid groups (broad SMARTS) is 1. The van der Waals surface area contributed by atoms with Gasteiger partial charge in [0.2, 0.25) is 0 Å². The summed E-state index contributed by atoms with van der Waals surface area (Å²) < 4.78 is 39.4. The molecule has 0 radical (unpaired) electrons. The number of ether oxygens (including phenoxy) is 1. The third-order valence-electron chi connectivity index (χ3n) is 6.19. The Hall–Kier alpha value is -3.79. The molecule has 2 aromatic heterocycles. The van der Waals surface area contributed by atoms with Gasteiger partial charge in [-0.3, -0.25) is 0 Å². The number of aromatic carboxylic acids is 1. The molecule has 5 aromatic rings. The standard InChI is InChI=1S/C28H22Cl2N2O6S/c1-16(2)27-21(26(31-38-27)25-22(29)7-4-8-23(25)30)15-37-19-9-10-24-17(13-19)11-12-32(24)39(35,36)20-6-3-5-18(14-20)28(33)34/h3-14,16H,15H2,1-2H3,(H,33,34). The number of hydrogen-bond donors (Lipinski definition) is 1. The van der Waals surface area contributed by atoms with E-state index in [9.17, 15) is 18.3 Å². The average molecular weight is 585 g/mol. The molecule has 0 saturated heterocycles. The third kappa shape index (κ3) is 5.01. The molecular formula is C28H22Cl2N2O6S. The number of aromatic nitrogens is 2. The second-order valence-electron chi connectivity index (χ2n) is 9.08.